The van der Waals surface area contributed by atoms with Gasteiger partial charge in [-0.2, -0.15) is 0 Å². The maximum absolute atomic E-state index is 12.9. The molecule has 82 heavy (non-hydrogen) atoms. The van der Waals surface area contributed by atoms with Crippen molar-refractivity contribution in [3.05, 3.63) is 312 Å². The molecule has 10 heteroatoms. The Morgan fingerprint density at radius 1 is 0.427 bits per heavy atom. The molecule has 6 nitrogen and oxygen atoms in total. The molecule has 0 aromatic heterocycles. The second kappa shape index (κ2) is 33.2. The Balaban J connectivity index is 0.000000176. The van der Waals surface area contributed by atoms with Crippen LogP contribution in [-0.2, 0) is 4.79 Å². The fraction of sp³-hybridized carbons (Fsp3) is 0.139. The molecule has 0 saturated carbocycles. The normalized spacial score (nSPS) is 12.6. The van der Waals surface area contributed by atoms with E-state index in [-0.39, 0.29) is 23.1 Å². The van der Waals surface area contributed by atoms with E-state index < -0.39 is 0 Å². The Morgan fingerprint density at radius 2 is 0.744 bits per heavy atom. The number of likely N-dealkylation sites (tertiary alicyclic amines) is 1. The van der Waals surface area contributed by atoms with E-state index in [2.05, 4.69) is 11.5 Å². The van der Waals surface area contributed by atoms with Gasteiger partial charge < -0.3 is 4.90 Å². The number of Topliss-reactive ketones (excluding diaryl/α,β-unsaturated/α-hetero) is 4. The van der Waals surface area contributed by atoms with Crippen LogP contribution < -0.4 is 0 Å². The quantitative estimate of drug-likeness (QED) is 0.0514. The number of halogens is 4. The van der Waals surface area contributed by atoms with Gasteiger partial charge in [-0.25, -0.2) is 0 Å². The number of likely N-dealkylation sites (N-methyl/N-ethyl adjacent to an activating group) is 1. The van der Waals surface area contributed by atoms with Crippen LogP contribution in [0, 0.1) is 0 Å². The number of carbonyl (C=O) groups excluding carboxylic acids is 4. The minimum Gasteiger partial charge on any atom is -0.305 e. The van der Waals surface area contributed by atoms with Crippen molar-refractivity contribution in [3.8, 4) is 0 Å². The lowest BCUT2D eigenvalue weighted by molar-refractivity contribution is -0.110. The van der Waals surface area contributed by atoms with Gasteiger partial charge in [0.2, 0.25) is 0 Å². The maximum Gasteiger partial charge on any atom is 0.190 e. The van der Waals surface area contributed by atoms with Crippen molar-refractivity contribution in [1.29, 1.82) is 0 Å². The van der Waals surface area contributed by atoms with Gasteiger partial charge in [-0.15, -0.1) is 0 Å². The number of benzene rings is 8. The van der Waals surface area contributed by atoms with E-state index in [4.69, 9.17) is 46.4 Å². The van der Waals surface area contributed by atoms with Crippen molar-refractivity contribution < 1.29 is 19.2 Å². The summed E-state index contributed by atoms with van der Waals surface area (Å²) in [5, 5.41) is 2.77. The highest BCUT2D eigenvalue weighted by molar-refractivity contribution is 6.33. The lowest BCUT2D eigenvalue weighted by atomic mass is 9.96. The van der Waals surface area contributed by atoms with Crippen LogP contribution in [0.5, 0.6) is 0 Å². The van der Waals surface area contributed by atoms with Gasteiger partial charge in [0.25, 0.3) is 0 Å². The van der Waals surface area contributed by atoms with Crippen LogP contribution in [0.25, 0.3) is 29.9 Å². The first kappa shape index (κ1) is 63.4. The molecule has 416 valence electrons. The Labute approximate surface area is 504 Å². The van der Waals surface area contributed by atoms with E-state index in [9.17, 15) is 19.2 Å². The summed E-state index contributed by atoms with van der Waals surface area (Å²) in [6, 6.07) is 67.6. The monoisotopic (exact) mass is 1160 g/mol. The Morgan fingerprint density at radius 3 is 1.11 bits per heavy atom. The maximum atomic E-state index is 12.9. The summed E-state index contributed by atoms with van der Waals surface area (Å²) in [7, 11) is 3.90. The van der Waals surface area contributed by atoms with Crippen LogP contribution >= 0.6 is 46.4 Å². The fourth-order valence-corrected chi connectivity index (χ4v) is 9.01. The van der Waals surface area contributed by atoms with Gasteiger partial charge >= 0.3 is 0 Å². The van der Waals surface area contributed by atoms with Gasteiger partial charge in [0.05, 0.1) is 0 Å². The molecule has 0 radical (unpaired) electrons. The molecular formula is C72H66Cl4N2O4. The molecule has 0 atom stereocenters. The summed E-state index contributed by atoms with van der Waals surface area (Å²) in [6.07, 6.45) is 10.1. The first-order valence-electron chi connectivity index (χ1n) is 26.8. The summed E-state index contributed by atoms with van der Waals surface area (Å²) in [5.41, 5.74) is 10.4. The second-order valence-electron chi connectivity index (χ2n) is 19.7. The van der Waals surface area contributed by atoms with E-state index >= 15 is 0 Å². The number of hydrogen-bond acceptors (Lipinski definition) is 6. The molecule has 1 fully saturated rings. The molecule has 0 N–H and O–H groups in total. The van der Waals surface area contributed by atoms with E-state index in [0.29, 0.717) is 61.0 Å². The van der Waals surface area contributed by atoms with Crippen LogP contribution in [-0.4, -0.2) is 73.2 Å². The van der Waals surface area contributed by atoms with Crippen molar-refractivity contribution >= 4 is 99.4 Å². The van der Waals surface area contributed by atoms with E-state index in [1.807, 2.05) is 256 Å². The van der Waals surface area contributed by atoms with Crippen LogP contribution in [0.3, 0.4) is 0 Å². The second-order valence-corrected chi connectivity index (χ2v) is 21.5. The molecule has 0 amide bonds. The van der Waals surface area contributed by atoms with Crippen molar-refractivity contribution in [2.75, 3.05) is 40.3 Å². The highest BCUT2D eigenvalue weighted by atomic mass is 35.5. The van der Waals surface area contributed by atoms with E-state index in [0.717, 1.165) is 57.6 Å². The standard InChI is InChI=1S/C20H20ClNO.C18H18ClNO.C18H15ClO.C16H13ClO/c21-19-10-8-16(9-11-19)14-18(15-22-12-4-5-13-22)20(23)17-6-2-1-3-7-17;1-20(2)13-16(12-14-8-10-17(19)11-9-14)18(21)15-6-4-3-5-7-15;1-13(2)18(20)17(15-6-4-3-5-7-15)12-14-8-10-16(19)11-9-14;1-12(11-13-7-9-15(17)10-8-13)16(18)14-5-3-2-4-6-14/h1-3,6-11,14H,4-5,12-13,15H2;3-12H,13H2,1-2H3;3-12H,1H2,2H3;2-11H,1H3/b18-14+;16-12+;17-12-;12-11+. The van der Waals surface area contributed by atoms with Crippen molar-refractivity contribution in [2.45, 2.75) is 26.7 Å². The smallest absolute Gasteiger partial charge is 0.190 e. The average molecular weight is 1170 g/mol. The minimum absolute atomic E-state index is 0.0468. The molecule has 9 rings (SSSR count). The largest absolute Gasteiger partial charge is 0.305 e. The molecular weight excluding hydrogens is 1100 g/mol. The molecule has 0 bridgehead atoms. The molecule has 0 spiro atoms. The van der Waals surface area contributed by atoms with Gasteiger partial charge in [0.1, 0.15) is 0 Å². The predicted octanol–water partition coefficient (Wildman–Crippen LogP) is 18.5. The predicted molar refractivity (Wildman–Crippen MR) is 346 cm³/mol. The third kappa shape index (κ3) is 21.3. The van der Waals surface area contributed by atoms with E-state index in [1.165, 1.54) is 12.8 Å². The number of allylic oxidation sites excluding steroid dienone is 3. The third-order valence-corrected chi connectivity index (χ3v) is 13.7. The van der Waals surface area contributed by atoms with Crippen molar-refractivity contribution in [3.63, 3.8) is 0 Å². The summed E-state index contributed by atoms with van der Waals surface area (Å²) in [4.78, 5) is 54.3. The molecule has 1 aliphatic heterocycles. The van der Waals surface area contributed by atoms with Crippen LogP contribution in [0.15, 0.2) is 247 Å². The molecule has 8 aromatic carbocycles. The summed E-state index contributed by atoms with van der Waals surface area (Å²) in [6.45, 7) is 10.7. The number of rotatable bonds is 17. The molecule has 0 aliphatic carbocycles. The number of hydrogen-bond donors (Lipinski definition) is 0. The molecule has 1 aliphatic rings. The highest BCUT2D eigenvalue weighted by Crippen LogP contribution is 2.24. The Hall–Kier alpha value is -7.78. The van der Waals surface area contributed by atoms with Gasteiger partial charge in [-0.05, 0) is 166 Å². The lowest BCUT2D eigenvalue weighted by Gasteiger charge is -2.17. The van der Waals surface area contributed by atoms with E-state index in [1.54, 1.807) is 19.1 Å². The average Bonchev–Trinajstić information content (AvgIpc) is 4.07. The zero-order chi connectivity index (χ0) is 58.8. The van der Waals surface area contributed by atoms with Gasteiger partial charge in [-0.3, -0.25) is 24.1 Å². The summed E-state index contributed by atoms with van der Waals surface area (Å²) >= 11 is 23.5. The highest BCUT2D eigenvalue weighted by Gasteiger charge is 2.19. The SMILES string of the molecule is C/C(=C\c1ccc(Cl)cc1)C(=O)c1ccccc1.C=C(C)C(=O)/C(=C\c1ccc(Cl)cc1)c1ccccc1.CN(C)C/C(=C\c1ccc(Cl)cc1)C(=O)c1ccccc1.O=C(/C(=C/c1ccc(Cl)cc1)CN1CCCC1)c1ccccc1. The Kier molecular flexibility index (Phi) is 25.7. The topological polar surface area (TPSA) is 74.8 Å². The summed E-state index contributed by atoms with van der Waals surface area (Å²) < 4.78 is 0. The van der Waals surface area contributed by atoms with Crippen LogP contribution in [0.1, 0.15) is 85.6 Å². The molecule has 0 unspecified atom stereocenters. The van der Waals surface area contributed by atoms with Crippen molar-refractivity contribution in [2.24, 2.45) is 0 Å². The minimum atomic E-state index is -0.0499. The molecule has 8 aromatic rings. The fourth-order valence-electron chi connectivity index (χ4n) is 8.50. The van der Waals surface area contributed by atoms with Crippen LogP contribution in [0.2, 0.25) is 20.1 Å². The lowest BCUT2D eigenvalue weighted by Crippen LogP contribution is -2.25. The van der Waals surface area contributed by atoms with Gasteiger partial charge in [0, 0.05) is 66.6 Å². The zero-order valence-corrected chi connectivity index (χ0v) is 49.6. The number of carbonyl (C=O) groups is 4. The first-order valence-corrected chi connectivity index (χ1v) is 28.3. The first-order chi connectivity index (χ1) is 39.5. The molecule has 1 saturated heterocycles. The zero-order valence-electron chi connectivity index (χ0n) is 46.6. The van der Waals surface area contributed by atoms with Gasteiger partial charge in [0.15, 0.2) is 23.1 Å². The number of nitrogens with zero attached hydrogens (tertiary/aromatic N) is 2. The van der Waals surface area contributed by atoms with Gasteiger partial charge in [-0.1, -0.05) is 223 Å². The summed E-state index contributed by atoms with van der Waals surface area (Å²) in [5.74, 6) is 0.156. The van der Waals surface area contributed by atoms with Crippen LogP contribution in [0.4, 0.5) is 0 Å². The molecule has 1 heterocycles. The third-order valence-electron chi connectivity index (χ3n) is 12.7. The van der Waals surface area contributed by atoms with Crippen molar-refractivity contribution in [1.82, 2.24) is 9.80 Å². The Bertz CT molecular complexity index is 3480. The number of ketones is 4.